The Balaban J connectivity index is 2.09. The van der Waals surface area contributed by atoms with Crippen LogP contribution in [0.3, 0.4) is 0 Å². The molecule has 2 heterocycles. The molecule has 0 fully saturated rings. The number of alkyl halides is 3. The topological polar surface area (TPSA) is 97.2 Å². The fourth-order valence-corrected chi connectivity index (χ4v) is 3.56. The van der Waals surface area contributed by atoms with Crippen molar-refractivity contribution in [2.75, 3.05) is 31.2 Å². The summed E-state index contributed by atoms with van der Waals surface area (Å²) in [7, 11) is -3.29. The summed E-state index contributed by atoms with van der Waals surface area (Å²) < 4.78 is 63.0. The molecule has 0 aliphatic heterocycles. The zero-order chi connectivity index (χ0) is 21.8. The van der Waals surface area contributed by atoms with E-state index in [1.165, 1.54) is 10.5 Å². The summed E-state index contributed by atoms with van der Waals surface area (Å²) in [4.78, 5) is 16.0. The number of hydrogen-bond acceptors (Lipinski definition) is 6. The molecule has 0 spiro atoms. The molecule has 1 N–H and O–H groups in total. The van der Waals surface area contributed by atoms with Crippen molar-refractivity contribution in [1.29, 1.82) is 0 Å². The molecule has 0 aromatic carbocycles. The molecule has 0 bridgehead atoms. The first-order valence-electron chi connectivity index (χ1n) is 8.45. The smallest absolute Gasteiger partial charge is 0.382 e. The van der Waals surface area contributed by atoms with Crippen LogP contribution in [-0.4, -0.2) is 53.4 Å². The van der Waals surface area contributed by atoms with Gasteiger partial charge < -0.3 is 5.32 Å². The van der Waals surface area contributed by atoms with Gasteiger partial charge in [0.2, 0.25) is 10.0 Å². The van der Waals surface area contributed by atoms with E-state index in [0.717, 1.165) is 23.1 Å². The lowest BCUT2D eigenvalue weighted by Crippen LogP contribution is -2.31. The second kappa shape index (κ2) is 9.09. The molecule has 0 aliphatic rings. The number of pyridine rings is 1. The SMILES string of the molecule is CCN(CCCNc1cnn(-c2ccc(C(F)(F)F)cn2)c(=O)c1Cl)S(C)(=O)=O. The van der Waals surface area contributed by atoms with Gasteiger partial charge in [0.25, 0.3) is 5.56 Å². The average molecular weight is 454 g/mol. The Labute approximate surface area is 170 Å². The Kier molecular flexibility index (Phi) is 7.25. The van der Waals surface area contributed by atoms with Crippen LogP contribution >= 0.6 is 11.6 Å². The van der Waals surface area contributed by atoms with Gasteiger partial charge in [0.15, 0.2) is 5.82 Å². The van der Waals surface area contributed by atoms with Crippen LogP contribution < -0.4 is 10.9 Å². The summed E-state index contributed by atoms with van der Waals surface area (Å²) in [5.41, 5.74) is -1.48. The van der Waals surface area contributed by atoms with Crippen LogP contribution in [0.2, 0.25) is 5.02 Å². The second-order valence-corrected chi connectivity index (χ2v) is 8.39. The second-order valence-electron chi connectivity index (χ2n) is 6.03. The highest BCUT2D eigenvalue weighted by atomic mass is 35.5. The molecular formula is C16H19ClF3N5O3S. The molecule has 0 unspecified atom stereocenters. The Morgan fingerprint density at radius 3 is 2.48 bits per heavy atom. The van der Waals surface area contributed by atoms with Gasteiger partial charge in [0, 0.05) is 25.8 Å². The molecule has 13 heteroatoms. The summed E-state index contributed by atoms with van der Waals surface area (Å²) in [6.45, 7) is 2.69. The van der Waals surface area contributed by atoms with Gasteiger partial charge in [-0.15, -0.1) is 0 Å². The molecule has 2 aromatic rings. The lowest BCUT2D eigenvalue weighted by Gasteiger charge is -2.18. The maximum Gasteiger partial charge on any atom is 0.417 e. The number of rotatable bonds is 8. The van der Waals surface area contributed by atoms with E-state index >= 15 is 0 Å². The van der Waals surface area contributed by atoms with E-state index in [-0.39, 0.29) is 16.5 Å². The van der Waals surface area contributed by atoms with E-state index in [0.29, 0.717) is 32.3 Å². The van der Waals surface area contributed by atoms with Gasteiger partial charge in [-0.1, -0.05) is 18.5 Å². The van der Waals surface area contributed by atoms with E-state index in [1.54, 1.807) is 6.92 Å². The minimum absolute atomic E-state index is 0.108. The van der Waals surface area contributed by atoms with E-state index in [1.807, 2.05) is 0 Å². The molecule has 160 valence electrons. The highest BCUT2D eigenvalue weighted by Gasteiger charge is 2.30. The predicted octanol–water partition coefficient (Wildman–Crippen LogP) is 2.38. The van der Waals surface area contributed by atoms with E-state index in [2.05, 4.69) is 15.4 Å². The highest BCUT2D eigenvalue weighted by Crippen LogP contribution is 2.28. The molecule has 29 heavy (non-hydrogen) atoms. The quantitative estimate of drug-likeness (QED) is 0.616. The first kappa shape index (κ1) is 23.1. The number of hydrogen-bond donors (Lipinski definition) is 1. The summed E-state index contributed by atoms with van der Waals surface area (Å²) in [6.07, 6.45) is -1.11. The number of halogens is 4. The maximum absolute atomic E-state index is 12.6. The monoisotopic (exact) mass is 453 g/mol. The van der Waals surface area contributed by atoms with Crippen molar-refractivity contribution in [1.82, 2.24) is 19.1 Å². The molecule has 0 saturated carbocycles. The number of nitrogens with one attached hydrogen (secondary N) is 1. The van der Waals surface area contributed by atoms with Gasteiger partial charge in [0.1, 0.15) is 5.02 Å². The number of aromatic nitrogens is 3. The summed E-state index contributed by atoms with van der Waals surface area (Å²) in [5, 5.41) is 6.56. The fraction of sp³-hybridized carbons (Fsp3) is 0.438. The third-order valence-corrected chi connectivity index (χ3v) is 5.68. The van der Waals surface area contributed by atoms with Crippen molar-refractivity contribution >= 4 is 27.3 Å². The van der Waals surface area contributed by atoms with Crippen molar-refractivity contribution in [3.8, 4) is 5.82 Å². The molecule has 0 amide bonds. The first-order chi connectivity index (χ1) is 13.4. The van der Waals surface area contributed by atoms with Crippen molar-refractivity contribution < 1.29 is 21.6 Å². The van der Waals surface area contributed by atoms with Gasteiger partial charge in [-0.2, -0.15) is 23.0 Å². The lowest BCUT2D eigenvalue weighted by atomic mass is 10.3. The number of sulfonamides is 1. The molecule has 8 nitrogen and oxygen atoms in total. The Bertz CT molecular complexity index is 1010. The van der Waals surface area contributed by atoms with Gasteiger partial charge in [0.05, 0.1) is 23.7 Å². The Morgan fingerprint density at radius 2 is 1.97 bits per heavy atom. The van der Waals surface area contributed by atoms with Gasteiger partial charge in [-0.25, -0.2) is 17.7 Å². The molecule has 0 aliphatic carbocycles. The highest BCUT2D eigenvalue weighted by molar-refractivity contribution is 7.88. The van der Waals surface area contributed by atoms with Crippen LogP contribution in [-0.2, 0) is 16.2 Å². The maximum atomic E-state index is 12.6. The van der Waals surface area contributed by atoms with Crippen LogP contribution in [0, 0.1) is 0 Å². The number of nitrogens with zero attached hydrogens (tertiary/aromatic N) is 4. The number of anilines is 1. The first-order valence-corrected chi connectivity index (χ1v) is 10.7. The third-order valence-electron chi connectivity index (χ3n) is 3.93. The average Bonchev–Trinajstić information content (AvgIpc) is 2.63. The van der Waals surface area contributed by atoms with Crippen LogP contribution in [0.15, 0.2) is 29.3 Å². The molecule has 2 rings (SSSR count). The van der Waals surface area contributed by atoms with Crippen molar-refractivity contribution in [2.45, 2.75) is 19.5 Å². The molecule has 0 atom stereocenters. The minimum atomic E-state index is -4.54. The van der Waals surface area contributed by atoms with Gasteiger partial charge in [-0.05, 0) is 18.6 Å². The summed E-state index contributed by atoms with van der Waals surface area (Å²) in [5.74, 6) is -0.108. The molecule has 0 saturated heterocycles. The van der Waals surface area contributed by atoms with E-state index in [4.69, 9.17) is 11.6 Å². The summed E-state index contributed by atoms with van der Waals surface area (Å²) >= 11 is 6.04. The molecule has 0 radical (unpaired) electrons. The van der Waals surface area contributed by atoms with Crippen LogP contribution in [0.5, 0.6) is 0 Å². The molecular weight excluding hydrogens is 435 g/mol. The van der Waals surface area contributed by atoms with Crippen molar-refractivity contribution in [3.63, 3.8) is 0 Å². The van der Waals surface area contributed by atoms with Crippen molar-refractivity contribution in [3.05, 3.63) is 45.5 Å². The predicted molar refractivity (Wildman–Crippen MR) is 103 cm³/mol. The van der Waals surface area contributed by atoms with Crippen LogP contribution in [0.25, 0.3) is 5.82 Å². The normalized spacial score (nSPS) is 12.4. The van der Waals surface area contributed by atoms with Crippen molar-refractivity contribution in [2.24, 2.45) is 0 Å². The Hall–Kier alpha value is -2.18. The largest absolute Gasteiger partial charge is 0.417 e. The summed E-state index contributed by atoms with van der Waals surface area (Å²) in [6, 6.07) is 1.81. The van der Waals surface area contributed by atoms with E-state index < -0.39 is 27.3 Å². The standard InChI is InChI=1S/C16H19ClF3N5O3S/c1-3-24(29(2,27)28)8-4-7-21-12-10-23-25(15(26)14(12)17)13-6-5-11(9-22-13)16(18,19)20/h5-6,9-10,21H,3-4,7-8H2,1-2H3. The Morgan fingerprint density at radius 1 is 1.28 bits per heavy atom. The van der Waals surface area contributed by atoms with Crippen LogP contribution in [0.1, 0.15) is 18.9 Å². The minimum Gasteiger partial charge on any atom is -0.382 e. The molecule has 2 aromatic heterocycles. The van der Waals surface area contributed by atoms with E-state index in [9.17, 15) is 26.4 Å². The van der Waals surface area contributed by atoms with Crippen LogP contribution in [0.4, 0.5) is 18.9 Å². The lowest BCUT2D eigenvalue weighted by molar-refractivity contribution is -0.137. The third kappa shape index (κ3) is 5.90. The zero-order valence-electron chi connectivity index (χ0n) is 15.6. The fourth-order valence-electron chi connectivity index (χ4n) is 2.44. The zero-order valence-corrected chi connectivity index (χ0v) is 17.1. The van der Waals surface area contributed by atoms with Gasteiger partial charge in [-0.3, -0.25) is 4.79 Å². The van der Waals surface area contributed by atoms with Gasteiger partial charge >= 0.3 is 6.18 Å².